The van der Waals surface area contributed by atoms with E-state index in [4.69, 9.17) is 9.47 Å². The zero-order chi connectivity index (χ0) is 16.0. The van der Waals surface area contributed by atoms with E-state index >= 15 is 0 Å². The molecule has 1 atom stereocenters. The van der Waals surface area contributed by atoms with Crippen LogP contribution in [0, 0.1) is 0 Å². The maximum absolute atomic E-state index is 11.6. The third-order valence-corrected chi connectivity index (χ3v) is 3.89. The van der Waals surface area contributed by atoms with Crippen LogP contribution in [0.5, 0.6) is 0 Å². The fraction of sp³-hybridized carbons (Fsp3) is 0.632. The lowest BCUT2D eigenvalue weighted by Gasteiger charge is -2.08. The minimum absolute atomic E-state index is 0.0854. The van der Waals surface area contributed by atoms with Gasteiger partial charge in [-0.1, -0.05) is 62.4 Å². The summed E-state index contributed by atoms with van der Waals surface area (Å²) < 4.78 is 10.5. The molecule has 1 unspecified atom stereocenters. The Bertz CT molecular complexity index is 389. The standard InChI is InChI=1S/C19H30O3/c1-17(21-2)12-8-5-3-4-6-11-15-19(20)22-16-18-13-9-7-10-14-18/h7,9-10,13-14,17H,3-6,8,11-12,15-16H2,1-2H3. The Hall–Kier alpha value is -1.35. The summed E-state index contributed by atoms with van der Waals surface area (Å²) in [6, 6.07) is 9.81. The minimum Gasteiger partial charge on any atom is -0.461 e. The summed E-state index contributed by atoms with van der Waals surface area (Å²) in [5, 5.41) is 0. The van der Waals surface area contributed by atoms with E-state index in [-0.39, 0.29) is 5.97 Å². The number of esters is 1. The molecule has 0 aliphatic rings. The van der Waals surface area contributed by atoms with Gasteiger partial charge < -0.3 is 9.47 Å². The van der Waals surface area contributed by atoms with E-state index in [0.717, 1.165) is 24.8 Å². The Labute approximate surface area is 135 Å². The van der Waals surface area contributed by atoms with Crippen molar-refractivity contribution in [3.8, 4) is 0 Å². The van der Waals surface area contributed by atoms with E-state index in [9.17, 15) is 4.79 Å². The van der Waals surface area contributed by atoms with Gasteiger partial charge in [0.2, 0.25) is 0 Å². The number of ether oxygens (including phenoxy) is 2. The van der Waals surface area contributed by atoms with Crippen LogP contribution in [0.3, 0.4) is 0 Å². The first-order chi connectivity index (χ1) is 10.7. The molecule has 0 saturated heterocycles. The molecule has 0 radical (unpaired) electrons. The molecule has 0 N–H and O–H groups in total. The SMILES string of the molecule is COC(C)CCCCCCCCC(=O)OCc1ccccc1. The van der Waals surface area contributed by atoms with Gasteiger partial charge in [-0.05, 0) is 25.3 Å². The summed E-state index contributed by atoms with van der Waals surface area (Å²) in [6.07, 6.45) is 9.03. The van der Waals surface area contributed by atoms with Crippen LogP contribution in [0.1, 0.15) is 63.9 Å². The summed E-state index contributed by atoms with van der Waals surface area (Å²) in [6.45, 7) is 2.50. The summed E-state index contributed by atoms with van der Waals surface area (Å²) in [5.74, 6) is -0.0854. The van der Waals surface area contributed by atoms with E-state index in [1.165, 1.54) is 25.7 Å². The van der Waals surface area contributed by atoms with Crippen molar-refractivity contribution in [1.29, 1.82) is 0 Å². The van der Waals surface area contributed by atoms with E-state index in [0.29, 0.717) is 19.1 Å². The molecule has 0 spiro atoms. The average Bonchev–Trinajstić information content (AvgIpc) is 2.56. The zero-order valence-electron chi connectivity index (χ0n) is 14.1. The smallest absolute Gasteiger partial charge is 0.306 e. The lowest BCUT2D eigenvalue weighted by Crippen LogP contribution is -2.04. The van der Waals surface area contributed by atoms with Gasteiger partial charge in [0.1, 0.15) is 6.61 Å². The number of unbranched alkanes of at least 4 members (excludes halogenated alkanes) is 5. The second-order valence-corrected chi connectivity index (χ2v) is 5.85. The van der Waals surface area contributed by atoms with Crippen molar-refractivity contribution in [1.82, 2.24) is 0 Å². The molecule has 3 heteroatoms. The Morgan fingerprint density at radius 3 is 2.32 bits per heavy atom. The van der Waals surface area contributed by atoms with Crippen LogP contribution in [-0.2, 0) is 20.9 Å². The van der Waals surface area contributed by atoms with Gasteiger partial charge in [0.05, 0.1) is 6.10 Å². The Balaban J connectivity index is 1.91. The highest BCUT2D eigenvalue weighted by molar-refractivity contribution is 5.69. The minimum atomic E-state index is -0.0854. The predicted octanol–water partition coefficient (Wildman–Crippen LogP) is 4.89. The molecule has 0 aromatic heterocycles. The van der Waals surface area contributed by atoms with Crippen molar-refractivity contribution in [2.45, 2.75) is 71.0 Å². The molecule has 0 amide bonds. The normalized spacial score (nSPS) is 12.1. The van der Waals surface area contributed by atoms with E-state index in [1.807, 2.05) is 30.3 Å². The van der Waals surface area contributed by atoms with Crippen LogP contribution in [0.2, 0.25) is 0 Å². The van der Waals surface area contributed by atoms with Crippen LogP contribution in [0.25, 0.3) is 0 Å². The Morgan fingerprint density at radius 2 is 1.64 bits per heavy atom. The van der Waals surface area contributed by atoms with Crippen LogP contribution in [0.15, 0.2) is 30.3 Å². The van der Waals surface area contributed by atoms with E-state index in [2.05, 4.69) is 6.92 Å². The van der Waals surface area contributed by atoms with Crippen molar-refractivity contribution in [3.05, 3.63) is 35.9 Å². The van der Waals surface area contributed by atoms with Crippen molar-refractivity contribution in [2.75, 3.05) is 7.11 Å². The van der Waals surface area contributed by atoms with Gasteiger partial charge in [0, 0.05) is 13.5 Å². The van der Waals surface area contributed by atoms with Crippen molar-refractivity contribution in [2.24, 2.45) is 0 Å². The summed E-state index contributed by atoms with van der Waals surface area (Å²) in [5.41, 5.74) is 1.04. The summed E-state index contributed by atoms with van der Waals surface area (Å²) in [4.78, 5) is 11.6. The van der Waals surface area contributed by atoms with Crippen LogP contribution in [-0.4, -0.2) is 19.2 Å². The van der Waals surface area contributed by atoms with Crippen molar-refractivity contribution < 1.29 is 14.3 Å². The van der Waals surface area contributed by atoms with Gasteiger partial charge >= 0.3 is 5.97 Å². The first-order valence-corrected chi connectivity index (χ1v) is 8.44. The molecule has 22 heavy (non-hydrogen) atoms. The summed E-state index contributed by atoms with van der Waals surface area (Å²) in [7, 11) is 1.77. The van der Waals surface area contributed by atoms with Crippen LogP contribution >= 0.6 is 0 Å². The number of hydrogen-bond donors (Lipinski definition) is 0. The van der Waals surface area contributed by atoms with E-state index in [1.54, 1.807) is 7.11 Å². The molecular formula is C19H30O3. The second kappa shape index (κ2) is 12.2. The van der Waals surface area contributed by atoms with Gasteiger partial charge in [0.15, 0.2) is 0 Å². The molecule has 0 saturated carbocycles. The lowest BCUT2D eigenvalue weighted by atomic mass is 10.1. The van der Waals surface area contributed by atoms with Gasteiger partial charge in [0.25, 0.3) is 0 Å². The van der Waals surface area contributed by atoms with Gasteiger partial charge in [-0.25, -0.2) is 0 Å². The number of methoxy groups -OCH3 is 1. The van der Waals surface area contributed by atoms with Crippen LogP contribution < -0.4 is 0 Å². The molecule has 124 valence electrons. The molecule has 0 bridgehead atoms. The topological polar surface area (TPSA) is 35.5 Å². The quantitative estimate of drug-likeness (QED) is 0.407. The van der Waals surface area contributed by atoms with Crippen molar-refractivity contribution in [3.63, 3.8) is 0 Å². The second-order valence-electron chi connectivity index (χ2n) is 5.85. The van der Waals surface area contributed by atoms with Gasteiger partial charge in [-0.3, -0.25) is 4.79 Å². The molecule has 1 rings (SSSR count). The number of carbonyl (C=O) groups excluding carboxylic acids is 1. The number of hydrogen-bond acceptors (Lipinski definition) is 3. The average molecular weight is 306 g/mol. The maximum atomic E-state index is 11.6. The van der Waals surface area contributed by atoms with E-state index < -0.39 is 0 Å². The Kier molecular flexibility index (Phi) is 10.4. The first-order valence-electron chi connectivity index (χ1n) is 8.44. The zero-order valence-corrected chi connectivity index (χ0v) is 14.1. The summed E-state index contributed by atoms with van der Waals surface area (Å²) >= 11 is 0. The molecular weight excluding hydrogens is 276 g/mol. The van der Waals surface area contributed by atoms with Gasteiger partial charge in [-0.2, -0.15) is 0 Å². The van der Waals surface area contributed by atoms with Crippen molar-refractivity contribution >= 4 is 5.97 Å². The van der Waals surface area contributed by atoms with Crippen LogP contribution in [0.4, 0.5) is 0 Å². The molecule has 1 aromatic carbocycles. The number of benzene rings is 1. The Morgan fingerprint density at radius 1 is 1.00 bits per heavy atom. The number of carbonyl (C=O) groups is 1. The molecule has 0 aliphatic carbocycles. The monoisotopic (exact) mass is 306 g/mol. The number of rotatable bonds is 12. The largest absolute Gasteiger partial charge is 0.461 e. The highest BCUT2D eigenvalue weighted by Crippen LogP contribution is 2.11. The molecule has 0 heterocycles. The molecule has 3 nitrogen and oxygen atoms in total. The third-order valence-electron chi connectivity index (χ3n) is 3.89. The maximum Gasteiger partial charge on any atom is 0.306 e. The third kappa shape index (κ3) is 9.56. The highest BCUT2D eigenvalue weighted by atomic mass is 16.5. The molecule has 0 fully saturated rings. The van der Waals surface area contributed by atoms with Gasteiger partial charge in [-0.15, -0.1) is 0 Å². The lowest BCUT2D eigenvalue weighted by molar-refractivity contribution is -0.145. The fourth-order valence-electron chi connectivity index (χ4n) is 2.34. The molecule has 1 aromatic rings. The molecule has 0 aliphatic heterocycles. The fourth-order valence-corrected chi connectivity index (χ4v) is 2.34. The predicted molar refractivity (Wildman–Crippen MR) is 89.6 cm³/mol. The highest BCUT2D eigenvalue weighted by Gasteiger charge is 2.03. The first kappa shape index (κ1) is 18.7.